The van der Waals surface area contributed by atoms with Gasteiger partial charge in [-0.05, 0) is 53.2 Å². The van der Waals surface area contributed by atoms with Gasteiger partial charge >= 0.3 is 0 Å². The van der Waals surface area contributed by atoms with Crippen LogP contribution in [0.25, 0.3) is 11.0 Å². The maximum Gasteiger partial charge on any atom is 0.134 e. The van der Waals surface area contributed by atoms with Crippen LogP contribution in [-0.4, -0.2) is 6.54 Å². The Morgan fingerprint density at radius 2 is 2.21 bits per heavy atom. The Hall–Kier alpha value is -1.29. The molecule has 1 unspecified atom stereocenters. The standard InChI is InChI=1S/C15H14ClNOS/c1-2-17-15(10-5-6-19-9-10)14-8-11-7-12(16)3-4-13(11)18-14/h3-9,15,17H,2H2,1H3. The predicted octanol–water partition coefficient (Wildman–Crippen LogP) is 4.85. The van der Waals surface area contributed by atoms with Crippen LogP contribution in [0.1, 0.15) is 24.3 Å². The average molecular weight is 292 g/mol. The fourth-order valence-corrected chi connectivity index (χ4v) is 3.07. The maximum atomic E-state index is 6.01. The minimum atomic E-state index is 0.0995. The SMILES string of the molecule is CCNC(c1ccsc1)c1cc2cc(Cl)ccc2o1. The Balaban J connectivity index is 2.05. The molecule has 2 heterocycles. The summed E-state index contributed by atoms with van der Waals surface area (Å²) in [6.07, 6.45) is 0. The van der Waals surface area contributed by atoms with E-state index in [9.17, 15) is 0 Å². The predicted molar refractivity (Wildman–Crippen MR) is 81.1 cm³/mol. The Morgan fingerprint density at radius 3 is 2.95 bits per heavy atom. The summed E-state index contributed by atoms with van der Waals surface area (Å²) < 4.78 is 5.95. The Morgan fingerprint density at radius 1 is 1.32 bits per heavy atom. The molecule has 0 bridgehead atoms. The lowest BCUT2D eigenvalue weighted by Crippen LogP contribution is -2.20. The summed E-state index contributed by atoms with van der Waals surface area (Å²) in [5.41, 5.74) is 2.11. The first-order chi connectivity index (χ1) is 9.28. The second-order valence-electron chi connectivity index (χ2n) is 4.38. The second kappa shape index (κ2) is 5.37. The minimum Gasteiger partial charge on any atom is -0.459 e. The van der Waals surface area contributed by atoms with Gasteiger partial charge in [-0.15, -0.1) is 0 Å². The number of hydrogen-bond acceptors (Lipinski definition) is 3. The van der Waals surface area contributed by atoms with E-state index in [1.807, 2.05) is 18.2 Å². The van der Waals surface area contributed by atoms with Crippen LogP contribution in [0.4, 0.5) is 0 Å². The number of furan rings is 1. The molecular formula is C15H14ClNOS. The van der Waals surface area contributed by atoms with Gasteiger partial charge in [0.1, 0.15) is 11.3 Å². The highest BCUT2D eigenvalue weighted by molar-refractivity contribution is 7.08. The van der Waals surface area contributed by atoms with Crippen LogP contribution in [0.3, 0.4) is 0 Å². The Bertz CT molecular complexity index is 675. The zero-order chi connectivity index (χ0) is 13.2. The number of hydrogen-bond donors (Lipinski definition) is 1. The lowest BCUT2D eigenvalue weighted by atomic mass is 10.1. The molecule has 4 heteroatoms. The summed E-state index contributed by atoms with van der Waals surface area (Å²) in [4.78, 5) is 0. The van der Waals surface area contributed by atoms with Gasteiger partial charge in [0.05, 0.1) is 6.04 Å². The van der Waals surface area contributed by atoms with Crippen LogP contribution in [0.15, 0.2) is 45.5 Å². The lowest BCUT2D eigenvalue weighted by Gasteiger charge is -2.13. The number of fused-ring (bicyclic) bond motifs is 1. The van der Waals surface area contributed by atoms with Gasteiger partial charge in [-0.3, -0.25) is 0 Å². The highest BCUT2D eigenvalue weighted by Gasteiger charge is 2.18. The summed E-state index contributed by atoms with van der Waals surface area (Å²) in [5, 5.41) is 9.46. The molecule has 3 rings (SSSR count). The van der Waals surface area contributed by atoms with Crippen molar-refractivity contribution >= 4 is 33.9 Å². The molecule has 3 aromatic rings. The molecule has 2 aromatic heterocycles. The van der Waals surface area contributed by atoms with E-state index in [-0.39, 0.29) is 6.04 Å². The van der Waals surface area contributed by atoms with E-state index in [1.54, 1.807) is 11.3 Å². The van der Waals surface area contributed by atoms with Crippen molar-refractivity contribution in [2.24, 2.45) is 0 Å². The first-order valence-electron chi connectivity index (χ1n) is 6.22. The Labute approximate surface area is 121 Å². The van der Waals surface area contributed by atoms with Crippen molar-refractivity contribution in [2.75, 3.05) is 6.54 Å². The van der Waals surface area contributed by atoms with E-state index in [0.29, 0.717) is 0 Å². The molecule has 0 saturated carbocycles. The van der Waals surface area contributed by atoms with Crippen LogP contribution in [0.5, 0.6) is 0 Å². The molecule has 0 radical (unpaired) electrons. The first kappa shape index (κ1) is 12.7. The quantitative estimate of drug-likeness (QED) is 0.743. The molecule has 1 atom stereocenters. The van der Waals surface area contributed by atoms with Crippen molar-refractivity contribution in [2.45, 2.75) is 13.0 Å². The molecule has 98 valence electrons. The van der Waals surface area contributed by atoms with Gasteiger partial charge in [-0.1, -0.05) is 18.5 Å². The van der Waals surface area contributed by atoms with Gasteiger partial charge in [0.15, 0.2) is 0 Å². The number of nitrogens with one attached hydrogen (secondary N) is 1. The van der Waals surface area contributed by atoms with Gasteiger partial charge in [0, 0.05) is 10.4 Å². The van der Waals surface area contributed by atoms with Gasteiger partial charge in [0.25, 0.3) is 0 Å². The zero-order valence-electron chi connectivity index (χ0n) is 10.5. The molecule has 0 aliphatic carbocycles. The molecular weight excluding hydrogens is 278 g/mol. The molecule has 2 nitrogen and oxygen atoms in total. The monoisotopic (exact) mass is 291 g/mol. The fraction of sp³-hybridized carbons (Fsp3) is 0.200. The van der Waals surface area contributed by atoms with Gasteiger partial charge in [-0.2, -0.15) is 11.3 Å². The third kappa shape index (κ3) is 2.54. The van der Waals surface area contributed by atoms with E-state index in [1.165, 1.54) is 5.56 Å². The van der Waals surface area contributed by atoms with Crippen molar-refractivity contribution < 1.29 is 4.42 Å². The largest absolute Gasteiger partial charge is 0.459 e. The van der Waals surface area contributed by atoms with Gasteiger partial charge in [0.2, 0.25) is 0 Å². The normalized spacial score (nSPS) is 12.9. The zero-order valence-corrected chi connectivity index (χ0v) is 12.1. The Kier molecular flexibility index (Phi) is 3.60. The first-order valence-corrected chi connectivity index (χ1v) is 7.54. The topological polar surface area (TPSA) is 25.2 Å². The smallest absolute Gasteiger partial charge is 0.134 e. The lowest BCUT2D eigenvalue weighted by molar-refractivity contribution is 0.478. The highest BCUT2D eigenvalue weighted by Crippen LogP contribution is 2.30. The summed E-state index contributed by atoms with van der Waals surface area (Å²) in [6, 6.07) is 9.98. The molecule has 0 saturated heterocycles. The molecule has 1 N–H and O–H groups in total. The van der Waals surface area contributed by atoms with Crippen LogP contribution in [-0.2, 0) is 0 Å². The van der Waals surface area contributed by atoms with Crippen molar-refractivity contribution in [1.82, 2.24) is 5.32 Å². The number of halogens is 1. The third-order valence-electron chi connectivity index (χ3n) is 3.07. The maximum absolute atomic E-state index is 6.01. The molecule has 0 amide bonds. The van der Waals surface area contributed by atoms with Crippen molar-refractivity contribution in [3.8, 4) is 0 Å². The number of thiophene rings is 1. The minimum absolute atomic E-state index is 0.0995. The van der Waals surface area contributed by atoms with Crippen LogP contribution in [0, 0.1) is 0 Å². The molecule has 1 aromatic carbocycles. The van der Waals surface area contributed by atoms with E-state index < -0.39 is 0 Å². The number of rotatable bonds is 4. The number of benzene rings is 1. The van der Waals surface area contributed by atoms with E-state index in [2.05, 4.69) is 35.1 Å². The van der Waals surface area contributed by atoms with E-state index in [4.69, 9.17) is 16.0 Å². The van der Waals surface area contributed by atoms with Crippen molar-refractivity contribution in [3.63, 3.8) is 0 Å². The summed E-state index contributed by atoms with van der Waals surface area (Å²) in [6.45, 7) is 2.98. The summed E-state index contributed by atoms with van der Waals surface area (Å²) in [5.74, 6) is 0.928. The van der Waals surface area contributed by atoms with E-state index in [0.717, 1.165) is 28.3 Å². The van der Waals surface area contributed by atoms with Crippen LogP contribution in [0.2, 0.25) is 5.02 Å². The van der Waals surface area contributed by atoms with Crippen LogP contribution >= 0.6 is 22.9 Å². The second-order valence-corrected chi connectivity index (χ2v) is 5.59. The third-order valence-corrected chi connectivity index (χ3v) is 4.00. The van der Waals surface area contributed by atoms with Crippen molar-refractivity contribution in [1.29, 1.82) is 0 Å². The molecule has 0 aliphatic rings. The molecule has 0 aliphatic heterocycles. The fourth-order valence-electron chi connectivity index (χ4n) is 2.20. The van der Waals surface area contributed by atoms with E-state index >= 15 is 0 Å². The van der Waals surface area contributed by atoms with Gasteiger partial charge in [-0.25, -0.2) is 0 Å². The summed E-state index contributed by atoms with van der Waals surface area (Å²) in [7, 11) is 0. The highest BCUT2D eigenvalue weighted by atomic mass is 35.5. The summed E-state index contributed by atoms with van der Waals surface area (Å²) >= 11 is 7.71. The molecule has 19 heavy (non-hydrogen) atoms. The van der Waals surface area contributed by atoms with Gasteiger partial charge < -0.3 is 9.73 Å². The molecule has 0 fully saturated rings. The van der Waals surface area contributed by atoms with Crippen molar-refractivity contribution in [3.05, 3.63) is 57.4 Å². The average Bonchev–Trinajstić information content (AvgIpc) is 3.04. The van der Waals surface area contributed by atoms with Crippen LogP contribution < -0.4 is 5.32 Å². The molecule has 0 spiro atoms.